The zero-order chi connectivity index (χ0) is 21.4. The number of piperidine rings is 1. The van der Waals surface area contributed by atoms with Gasteiger partial charge in [0.05, 0.1) is 11.1 Å². The third kappa shape index (κ3) is 4.05. The van der Waals surface area contributed by atoms with E-state index in [2.05, 4.69) is 4.90 Å². The third-order valence-corrected chi connectivity index (χ3v) is 8.77. The summed E-state index contributed by atoms with van der Waals surface area (Å²) in [5.74, 6) is 1.20. The summed E-state index contributed by atoms with van der Waals surface area (Å²) in [6, 6.07) is 12.4. The second-order valence-corrected chi connectivity index (χ2v) is 10.6. The summed E-state index contributed by atoms with van der Waals surface area (Å²) in [4.78, 5) is 34.7. The molecule has 0 radical (unpaired) electrons. The number of rotatable bonds is 4. The predicted molar refractivity (Wildman–Crippen MR) is 128 cm³/mol. The normalized spacial score (nSPS) is 21.3. The van der Waals surface area contributed by atoms with Gasteiger partial charge in [-0.05, 0) is 43.2 Å². The number of hydrogen-bond donors (Lipinski definition) is 0. The number of nitrogens with zero attached hydrogens (tertiary/aromatic N) is 3. The van der Waals surface area contributed by atoms with E-state index < -0.39 is 0 Å². The molecule has 2 aromatic heterocycles. The maximum absolute atomic E-state index is 13.1. The number of fused-ring (bicyclic) bond motifs is 2. The van der Waals surface area contributed by atoms with Crippen molar-refractivity contribution in [3.63, 3.8) is 0 Å². The van der Waals surface area contributed by atoms with Crippen LogP contribution in [0.2, 0.25) is 0 Å². The molecule has 0 N–H and O–H groups in total. The van der Waals surface area contributed by atoms with Gasteiger partial charge in [0.15, 0.2) is 5.16 Å². The Hall–Kier alpha value is -2.12. The van der Waals surface area contributed by atoms with Crippen molar-refractivity contribution in [2.75, 3.05) is 12.3 Å². The van der Waals surface area contributed by atoms with E-state index in [0.717, 1.165) is 34.7 Å². The van der Waals surface area contributed by atoms with Gasteiger partial charge in [0.25, 0.3) is 5.56 Å². The van der Waals surface area contributed by atoms with Crippen molar-refractivity contribution < 1.29 is 4.79 Å². The summed E-state index contributed by atoms with van der Waals surface area (Å²) in [6.07, 6.45) is 7.30. The smallest absolute Gasteiger partial charge is 0.262 e. The highest BCUT2D eigenvalue weighted by Gasteiger charge is 2.35. The van der Waals surface area contributed by atoms with Crippen molar-refractivity contribution in [2.24, 2.45) is 13.0 Å². The average molecular weight is 454 g/mol. The maximum Gasteiger partial charge on any atom is 0.262 e. The second-order valence-electron chi connectivity index (χ2n) is 8.58. The Morgan fingerprint density at radius 2 is 1.94 bits per heavy atom. The van der Waals surface area contributed by atoms with Crippen LogP contribution >= 0.6 is 23.1 Å². The molecular weight excluding hydrogens is 426 g/mol. The van der Waals surface area contributed by atoms with E-state index in [1.807, 2.05) is 36.4 Å². The van der Waals surface area contributed by atoms with E-state index in [0.29, 0.717) is 28.3 Å². The van der Waals surface area contributed by atoms with Crippen LogP contribution in [-0.2, 0) is 11.8 Å². The van der Waals surface area contributed by atoms with Crippen molar-refractivity contribution in [1.29, 1.82) is 0 Å². The van der Waals surface area contributed by atoms with Gasteiger partial charge in [-0.1, -0.05) is 54.9 Å². The molecule has 7 heteroatoms. The first-order chi connectivity index (χ1) is 15.1. The monoisotopic (exact) mass is 453 g/mol. The molecule has 3 heterocycles. The number of carbonyl (C=O) groups is 1. The lowest BCUT2D eigenvalue weighted by Crippen LogP contribution is -2.50. The van der Waals surface area contributed by atoms with Crippen molar-refractivity contribution in [1.82, 2.24) is 14.5 Å². The summed E-state index contributed by atoms with van der Waals surface area (Å²) in [6.45, 7) is 0.872. The van der Waals surface area contributed by atoms with Gasteiger partial charge in [0, 0.05) is 24.5 Å². The molecule has 5 nitrogen and oxygen atoms in total. The molecule has 3 aromatic rings. The number of likely N-dealkylation sites (tertiary alicyclic amines) is 1. The summed E-state index contributed by atoms with van der Waals surface area (Å²) in [7, 11) is 1.75. The largest absolute Gasteiger partial charge is 0.339 e. The van der Waals surface area contributed by atoms with Crippen LogP contribution in [0, 0.1) is 5.92 Å². The molecule has 2 atom stereocenters. The minimum Gasteiger partial charge on any atom is -0.339 e. The van der Waals surface area contributed by atoms with E-state index >= 15 is 0 Å². The summed E-state index contributed by atoms with van der Waals surface area (Å²) in [5, 5.41) is 1.26. The molecule has 1 aliphatic carbocycles. The van der Waals surface area contributed by atoms with Gasteiger partial charge in [-0.15, -0.1) is 11.3 Å². The molecule has 1 amide bonds. The molecule has 2 unspecified atom stereocenters. The van der Waals surface area contributed by atoms with Gasteiger partial charge in [0.2, 0.25) is 5.91 Å². The fraction of sp³-hybridized carbons (Fsp3) is 0.458. The number of thiophene rings is 1. The Balaban J connectivity index is 1.36. The minimum absolute atomic E-state index is 0.0521. The first-order valence-corrected chi connectivity index (χ1v) is 12.9. The van der Waals surface area contributed by atoms with Gasteiger partial charge in [0.1, 0.15) is 4.83 Å². The Bertz CT molecular complexity index is 1150. The van der Waals surface area contributed by atoms with Crippen LogP contribution in [0.15, 0.2) is 46.3 Å². The number of thioether (sulfide) groups is 1. The first kappa shape index (κ1) is 20.8. The Morgan fingerprint density at radius 3 is 2.77 bits per heavy atom. The molecular formula is C24H27N3O2S2. The molecule has 162 valence electrons. The highest BCUT2D eigenvalue weighted by Crippen LogP contribution is 2.36. The standard InChI is InChI=1S/C24H27N3O2S2/c1-26-23(29)18-14-20(17-9-3-2-4-10-17)31-22(18)25-24(26)30-15-21(28)27-13-7-11-16-8-5-6-12-19(16)27/h2-4,9-10,14,16,19H,5-8,11-13,15H2,1H3. The number of amides is 1. The molecule has 2 fully saturated rings. The van der Waals surface area contributed by atoms with Crippen LogP contribution in [0.5, 0.6) is 0 Å². The Labute approximate surface area is 190 Å². The van der Waals surface area contributed by atoms with Crippen molar-refractivity contribution in [3.05, 3.63) is 46.8 Å². The highest BCUT2D eigenvalue weighted by atomic mass is 32.2. The van der Waals surface area contributed by atoms with Crippen molar-refractivity contribution >= 4 is 39.2 Å². The van der Waals surface area contributed by atoms with Gasteiger partial charge in [-0.3, -0.25) is 14.2 Å². The van der Waals surface area contributed by atoms with E-state index in [1.54, 1.807) is 11.6 Å². The number of hydrogen-bond acceptors (Lipinski definition) is 5. The van der Waals surface area contributed by atoms with Crippen LogP contribution in [0.4, 0.5) is 0 Å². The fourth-order valence-corrected chi connectivity index (χ4v) is 7.00. The number of carbonyl (C=O) groups excluding carboxylic acids is 1. The van der Waals surface area contributed by atoms with E-state index in [-0.39, 0.29) is 11.5 Å². The minimum atomic E-state index is -0.0521. The number of aromatic nitrogens is 2. The molecule has 1 saturated heterocycles. The van der Waals surface area contributed by atoms with Crippen LogP contribution in [0.3, 0.4) is 0 Å². The Kier molecular flexibility index (Phi) is 5.89. The topological polar surface area (TPSA) is 55.2 Å². The predicted octanol–water partition coefficient (Wildman–Crippen LogP) is 4.94. The van der Waals surface area contributed by atoms with Gasteiger partial charge in [-0.25, -0.2) is 4.98 Å². The maximum atomic E-state index is 13.1. The summed E-state index contributed by atoms with van der Waals surface area (Å²) in [5.41, 5.74) is 1.03. The molecule has 2 aliphatic rings. The van der Waals surface area contributed by atoms with Crippen LogP contribution in [0.25, 0.3) is 20.7 Å². The third-order valence-electron chi connectivity index (χ3n) is 6.68. The van der Waals surface area contributed by atoms with Crippen molar-refractivity contribution in [3.8, 4) is 10.4 Å². The highest BCUT2D eigenvalue weighted by molar-refractivity contribution is 7.99. The molecule has 1 aromatic carbocycles. The molecule has 31 heavy (non-hydrogen) atoms. The van der Waals surface area contributed by atoms with Gasteiger partial charge in [-0.2, -0.15) is 0 Å². The zero-order valence-corrected chi connectivity index (χ0v) is 19.4. The van der Waals surface area contributed by atoms with E-state index in [1.165, 1.54) is 48.8 Å². The SMILES string of the molecule is Cn1c(SCC(=O)N2CCCC3CCCCC32)nc2sc(-c3ccccc3)cc2c1=O. The van der Waals surface area contributed by atoms with Crippen molar-refractivity contribution in [2.45, 2.75) is 49.7 Å². The first-order valence-electron chi connectivity index (χ1n) is 11.1. The molecule has 5 rings (SSSR count). The van der Waals surface area contributed by atoms with E-state index in [9.17, 15) is 9.59 Å². The van der Waals surface area contributed by atoms with E-state index in [4.69, 9.17) is 4.98 Å². The quantitative estimate of drug-likeness (QED) is 0.415. The van der Waals surface area contributed by atoms with Gasteiger partial charge < -0.3 is 4.90 Å². The molecule has 1 saturated carbocycles. The zero-order valence-electron chi connectivity index (χ0n) is 17.8. The number of benzene rings is 1. The van der Waals surface area contributed by atoms with Crippen LogP contribution < -0.4 is 5.56 Å². The molecule has 1 aliphatic heterocycles. The molecule has 0 bridgehead atoms. The average Bonchev–Trinajstić information content (AvgIpc) is 3.25. The van der Waals surface area contributed by atoms with Gasteiger partial charge >= 0.3 is 0 Å². The summed E-state index contributed by atoms with van der Waals surface area (Å²) >= 11 is 2.92. The second kappa shape index (κ2) is 8.79. The lowest BCUT2D eigenvalue weighted by molar-refractivity contribution is -0.134. The van der Waals surface area contributed by atoms with Crippen LogP contribution in [0.1, 0.15) is 38.5 Å². The molecule has 0 spiro atoms. The summed E-state index contributed by atoms with van der Waals surface area (Å²) < 4.78 is 1.58. The van der Waals surface area contributed by atoms with Crippen LogP contribution in [-0.4, -0.2) is 38.7 Å². The Morgan fingerprint density at radius 1 is 1.16 bits per heavy atom. The lowest BCUT2D eigenvalue weighted by atomic mass is 9.78. The fourth-order valence-electron chi connectivity index (χ4n) is 5.06. The lowest BCUT2D eigenvalue weighted by Gasteiger charge is -2.44.